The molecule has 18 heavy (non-hydrogen) atoms. The van der Waals surface area contributed by atoms with Crippen LogP contribution in [0.25, 0.3) is 0 Å². The first-order chi connectivity index (χ1) is 8.63. The molecule has 1 aliphatic carbocycles. The molecule has 1 N–H and O–H groups in total. The van der Waals surface area contributed by atoms with Gasteiger partial charge in [0.05, 0.1) is 5.69 Å². The Morgan fingerprint density at radius 1 is 1.28 bits per heavy atom. The maximum Gasteiger partial charge on any atom is 0.167 e. The Balaban J connectivity index is 1.75. The van der Waals surface area contributed by atoms with Crippen LogP contribution in [-0.4, -0.2) is 19.6 Å². The summed E-state index contributed by atoms with van der Waals surface area (Å²) in [7, 11) is 3.82. The summed E-state index contributed by atoms with van der Waals surface area (Å²) < 4.78 is 3.58. The molecular formula is C12H16ClN5. The molecule has 96 valence electrons. The van der Waals surface area contributed by atoms with Crippen LogP contribution in [0, 0.1) is 0 Å². The summed E-state index contributed by atoms with van der Waals surface area (Å²) in [5.74, 6) is 1.38. The summed E-state index contributed by atoms with van der Waals surface area (Å²) in [5.41, 5.74) is 2.46. The fourth-order valence-electron chi connectivity index (χ4n) is 2.15. The van der Waals surface area contributed by atoms with E-state index in [2.05, 4.69) is 21.7 Å². The number of rotatable bonds is 4. The quantitative estimate of drug-likeness (QED) is 0.923. The lowest BCUT2D eigenvalue weighted by molar-refractivity contribution is 0.744. The minimum Gasteiger partial charge on any atom is -0.363 e. The van der Waals surface area contributed by atoms with Crippen LogP contribution in [0.5, 0.6) is 0 Å². The maximum atomic E-state index is 6.06. The van der Waals surface area contributed by atoms with E-state index >= 15 is 0 Å². The Labute approximate surface area is 111 Å². The predicted molar refractivity (Wildman–Crippen MR) is 70.7 cm³/mol. The molecule has 2 aromatic rings. The molecule has 5 nitrogen and oxygen atoms in total. The third kappa shape index (κ3) is 2.22. The highest BCUT2D eigenvalue weighted by molar-refractivity contribution is 6.32. The van der Waals surface area contributed by atoms with Crippen LogP contribution in [0.4, 0.5) is 5.82 Å². The molecule has 0 bridgehead atoms. The minimum atomic E-state index is 0.648. The number of nitrogens with one attached hydrogen (secondary N) is 1. The summed E-state index contributed by atoms with van der Waals surface area (Å²) in [6, 6.07) is 0. The second-order valence-electron chi connectivity index (χ2n) is 4.84. The van der Waals surface area contributed by atoms with Gasteiger partial charge in [0.15, 0.2) is 5.82 Å². The van der Waals surface area contributed by atoms with Gasteiger partial charge in [-0.2, -0.15) is 10.2 Å². The van der Waals surface area contributed by atoms with Gasteiger partial charge in [0.1, 0.15) is 5.02 Å². The second kappa shape index (κ2) is 4.31. The molecule has 0 aromatic carbocycles. The van der Waals surface area contributed by atoms with E-state index in [4.69, 9.17) is 11.6 Å². The van der Waals surface area contributed by atoms with Crippen LogP contribution < -0.4 is 5.32 Å². The van der Waals surface area contributed by atoms with Crippen LogP contribution in [0.15, 0.2) is 12.4 Å². The van der Waals surface area contributed by atoms with Crippen molar-refractivity contribution >= 4 is 17.4 Å². The zero-order valence-corrected chi connectivity index (χ0v) is 11.3. The summed E-state index contributed by atoms with van der Waals surface area (Å²) >= 11 is 6.06. The number of halogens is 1. The first kappa shape index (κ1) is 11.6. The topological polar surface area (TPSA) is 47.7 Å². The van der Waals surface area contributed by atoms with Gasteiger partial charge in [-0.15, -0.1) is 0 Å². The van der Waals surface area contributed by atoms with Crippen molar-refractivity contribution in [2.75, 3.05) is 5.32 Å². The molecule has 2 aromatic heterocycles. The van der Waals surface area contributed by atoms with Gasteiger partial charge in [-0.05, 0) is 12.8 Å². The van der Waals surface area contributed by atoms with Crippen molar-refractivity contribution in [3.05, 3.63) is 28.7 Å². The van der Waals surface area contributed by atoms with Gasteiger partial charge in [0.2, 0.25) is 0 Å². The zero-order valence-electron chi connectivity index (χ0n) is 10.5. The Morgan fingerprint density at radius 2 is 2.00 bits per heavy atom. The SMILES string of the molecule is Cn1cc(Cl)c(NCc2cn(C)nc2C2CC2)n1. The summed E-state index contributed by atoms with van der Waals surface area (Å²) in [6.45, 7) is 0.719. The molecule has 0 unspecified atom stereocenters. The van der Waals surface area contributed by atoms with Crippen molar-refractivity contribution < 1.29 is 0 Å². The Hall–Kier alpha value is -1.49. The smallest absolute Gasteiger partial charge is 0.167 e. The summed E-state index contributed by atoms with van der Waals surface area (Å²) in [4.78, 5) is 0. The van der Waals surface area contributed by atoms with E-state index < -0.39 is 0 Å². The van der Waals surface area contributed by atoms with Crippen LogP contribution in [0.3, 0.4) is 0 Å². The standard InChI is InChI=1S/C12H16ClN5/c1-17-6-9(11(15-17)8-3-4-8)5-14-12-10(13)7-18(2)16-12/h6-8H,3-5H2,1-2H3,(H,14,16). The number of hydrogen-bond donors (Lipinski definition) is 1. The molecule has 3 rings (SSSR count). The van der Waals surface area contributed by atoms with Crippen LogP contribution in [-0.2, 0) is 20.6 Å². The van der Waals surface area contributed by atoms with Gasteiger partial charge in [0.25, 0.3) is 0 Å². The molecule has 0 spiro atoms. The van der Waals surface area contributed by atoms with Crippen LogP contribution in [0.1, 0.15) is 30.0 Å². The van der Waals surface area contributed by atoms with Gasteiger partial charge >= 0.3 is 0 Å². The van der Waals surface area contributed by atoms with E-state index in [1.807, 2.05) is 18.8 Å². The highest BCUT2D eigenvalue weighted by atomic mass is 35.5. The average molecular weight is 266 g/mol. The van der Waals surface area contributed by atoms with Crippen LogP contribution in [0.2, 0.25) is 5.02 Å². The van der Waals surface area contributed by atoms with Gasteiger partial charge < -0.3 is 5.32 Å². The molecule has 6 heteroatoms. The van der Waals surface area contributed by atoms with Crippen molar-refractivity contribution in [3.8, 4) is 0 Å². The number of anilines is 1. The fourth-order valence-corrected chi connectivity index (χ4v) is 2.40. The molecule has 0 radical (unpaired) electrons. The van der Waals surface area contributed by atoms with E-state index in [-0.39, 0.29) is 0 Å². The third-order valence-corrected chi connectivity index (χ3v) is 3.41. The number of aryl methyl sites for hydroxylation is 2. The van der Waals surface area contributed by atoms with E-state index in [1.165, 1.54) is 24.1 Å². The lowest BCUT2D eigenvalue weighted by Gasteiger charge is -2.03. The second-order valence-corrected chi connectivity index (χ2v) is 5.25. The molecule has 1 saturated carbocycles. The van der Waals surface area contributed by atoms with Crippen molar-refractivity contribution in [1.82, 2.24) is 19.6 Å². The molecular weight excluding hydrogens is 250 g/mol. The van der Waals surface area contributed by atoms with E-state index in [9.17, 15) is 0 Å². The molecule has 0 saturated heterocycles. The first-order valence-corrected chi connectivity index (χ1v) is 6.46. The first-order valence-electron chi connectivity index (χ1n) is 6.09. The van der Waals surface area contributed by atoms with E-state index in [0.29, 0.717) is 10.9 Å². The van der Waals surface area contributed by atoms with Gasteiger partial charge in [-0.25, -0.2) is 0 Å². The molecule has 2 heterocycles. The van der Waals surface area contributed by atoms with Crippen LogP contribution >= 0.6 is 11.6 Å². The fraction of sp³-hybridized carbons (Fsp3) is 0.500. The van der Waals surface area contributed by atoms with Gasteiger partial charge in [-0.3, -0.25) is 9.36 Å². The minimum absolute atomic E-state index is 0.648. The molecule has 0 amide bonds. The largest absolute Gasteiger partial charge is 0.363 e. The summed E-state index contributed by atoms with van der Waals surface area (Å²) in [5, 5.41) is 12.7. The Kier molecular flexibility index (Phi) is 2.78. The van der Waals surface area contributed by atoms with Crippen molar-refractivity contribution in [2.24, 2.45) is 14.1 Å². The third-order valence-electron chi connectivity index (χ3n) is 3.13. The van der Waals surface area contributed by atoms with Crippen molar-refractivity contribution in [2.45, 2.75) is 25.3 Å². The predicted octanol–water partition coefficient (Wildman–Crippen LogP) is 2.30. The summed E-state index contributed by atoms with van der Waals surface area (Å²) in [6.07, 6.45) is 6.37. The maximum absolute atomic E-state index is 6.06. The highest BCUT2D eigenvalue weighted by Crippen LogP contribution is 2.40. The highest BCUT2D eigenvalue weighted by Gasteiger charge is 2.28. The van der Waals surface area contributed by atoms with Crippen molar-refractivity contribution in [1.29, 1.82) is 0 Å². The molecule has 1 aliphatic rings. The van der Waals surface area contributed by atoms with E-state index in [1.54, 1.807) is 10.9 Å². The molecule has 1 fully saturated rings. The average Bonchev–Trinajstić information content (AvgIpc) is 3.01. The Morgan fingerprint density at radius 3 is 2.61 bits per heavy atom. The lowest BCUT2D eigenvalue weighted by Crippen LogP contribution is -2.02. The number of hydrogen-bond acceptors (Lipinski definition) is 3. The zero-order chi connectivity index (χ0) is 12.7. The Bertz CT molecular complexity index is 567. The van der Waals surface area contributed by atoms with Gasteiger partial charge in [-0.1, -0.05) is 11.6 Å². The molecule has 0 aliphatic heterocycles. The normalized spacial score (nSPS) is 15.1. The number of aromatic nitrogens is 4. The van der Waals surface area contributed by atoms with Gasteiger partial charge in [0, 0.05) is 44.5 Å². The number of nitrogens with zero attached hydrogens (tertiary/aromatic N) is 4. The monoisotopic (exact) mass is 265 g/mol. The molecule has 0 atom stereocenters. The lowest BCUT2D eigenvalue weighted by atomic mass is 10.2. The van der Waals surface area contributed by atoms with E-state index in [0.717, 1.165) is 12.4 Å². The van der Waals surface area contributed by atoms with Crippen molar-refractivity contribution in [3.63, 3.8) is 0 Å².